The SMILES string of the molecule is CNC(=O)C1(C)CCN(CC(=O)c2cc([N+](=O)[O-])c[nH]2)C1. The number of rotatable bonds is 5. The third-order valence-electron chi connectivity index (χ3n) is 3.87. The summed E-state index contributed by atoms with van der Waals surface area (Å²) in [5.74, 6) is -0.253. The Kier molecular flexibility index (Phi) is 4.08. The summed E-state index contributed by atoms with van der Waals surface area (Å²) in [6, 6.07) is 1.23. The molecule has 1 aromatic rings. The van der Waals surface area contributed by atoms with Gasteiger partial charge in [-0.15, -0.1) is 0 Å². The van der Waals surface area contributed by atoms with Crippen LogP contribution in [0.4, 0.5) is 5.69 Å². The molecule has 1 amide bonds. The van der Waals surface area contributed by atoms with Gasteiger partial charge in [0.1, 0.15) is 0 Å². The summed E-state index contributed by atoms with van der Waals surface area (Å²) >= 11 is 0. The van der Waals surface area contributed by atoms with Gasteiger partial charge >= 0.3 is 0 Å². The van der Waals surface area contributed by atoms with Crippen molar-refractivity contribution in [2.45, 2.75) is 13.3 Å². The number of aromatic amines is 1. The average Bonchev–Trinajstić information content (AvgIpc) is 3.06. The predicted octanol–water partition coefficient (Wildman–Crippen LogP) is 0.564. The van der Waals surface area contributed by atoms with Crippen molar-refractivity contribution in [3.05, 3.63) is 28.1 Å². The fourth-order valence-corrected chi connectivity index (χ4v) is 2.62. The first-order chi connectivity index (χ1) is 9.85. The fraction of sp³-hybridized carbons (Fsp3) is 0.538. The van der Waals surface area contributed by atoms with Gasteiger partial charge in [-0.2, -0.15) is 0 Å². The lowest BCUT2D eigenvalue weighted by molar-refractivity contribution is -0.384. The van der Waals surface area contributed by atoms with Crippen LogP contribution in [0.5, 0.6) is 0 Å². The van der Waals surface area contributed by atoms with Crippen molar-refractivity contribution >= 4 is 17.4 Å². The normalized spacial score (nSPS) is 22.2. The van der Waals surface area contributed by atoms with Gasteiger partial charge in [0.25, 0.3) is 5.69 Å². The standard InChI is InChI=1S/C13H18N4O4/c1-13(12(19)14-2)3-4-16(8-13)7-11(18)10-5-9(6-15-10)17(20)21/h5-6,15H,3-4,7-8H2,1-2H3,(H,14,19). The Bertz CT molecular complexity index is 582. The molecule has 0 radical (unpaired) electrons. The van der Waals surface area contributed by atoms with Crippen molar-refractivity contribution in [2.24, 2.45) is 5.41 Å². The molecule has 1 unspecified atom stereocenters. The molecule has 2 N–H and O–H groups in total. The van der Waals surface area contributed by atoms with E-state index in [2.05, 4.69) is 10.3 Å². The number of Topliss-reactive ketones (excluding diaryl/α,β-unsaturated/α-hetero) is 1. The second-order valence-electron chi connectivity index (χ2n) is 5.55. The van der Waals surface area contributed by atoms with Crippen LogP contribution in [0.3, 0.4) is 0 Å². The lowest BCUT2D eigenvalue weighted by atomic mass is 9.89. The molecule has 0 aliphatic carbocycles. The van der Waals surface area contributed by atoms with Crippen molar-refractivity contribution in [1.82, 2.24) is 15.2 Å². The van der Waals surface area contributed by atoms with Gasteiger partial charge < -0.3 is 10.3 Å². The Morgan fingerprint density at radius 2 is 2.29 bits per heavy atom. The maximum Gasteiger partial charge on any atom is 0.287 e. The van der Waals surface area contributed by atoms with E-state index in [4.69, 9.17) is 0 Å². The number of ketones is 1. The molecule has 1 aliphatic rings. The third kappa shape index (κ3) is 3.10. The monoisotopic (exact) mass is 294 g/mol. The number of aromatic nitrogens is 1. The number of nitro groups is 1. The van der Waals surface area contributed by atoms with E-state index in [-0.39, 0.29) is 29.6 Å². The summed E-state index contributed by atoms with van der Waals surface area (Å²) in [5.41, 5.74) is -0.401. The molecule has 1 saturated heterocycles. The zero-order chi connectivity index (χ0) is 15.6. The molecule has 1 aliphatic heterocycles. The minimum atomic E-state index is -0.550. The Labute approximate surface area is 121 Å². The topological polar surface area (TPSA) is 108 Å². The molecule has 8 heteroatoms. The van der Waals surface area contributed by atoms with E-state index < -0.39 is 10.3 Å². The number of nitrogens with zero attached hydrogens (tertiary/aromatic N) is 2. The van der Waals surface area contributed by atoms with E-state index in [1.54, 1.807) is 7.05 Å². The third-order valence-corrected chi connectivity index (χ3v) is 3.87. The van der Waals surface area contributed by atoms with E-state index >= 15 is 0 Å². The molecule has 0 aromatic carbocycles. The molecule has 8 nitrogen and oxygen atoms in total. The van der Waals surface area contributed by atoms with Gasteiger partial charge in [-0.1, -0.05) is 0 Å². The van der Waals surface area contributed by atoms with Crippen molar-refractivity contribution in [1.29, 1.82) is 0 Å². The number of likely N-dealkylation sites (tertiary alicyclic amines) is 1. The number of amides is 1. The highest BCUT2D eigenvalue weighted by molar-refractivity contribution is 5.96. The number of hydrogen-bond donors (Lipinski definition) is 2. The number of H-pyrrole nitrogens is 1. The van der Waals surface area contributed by atoms with Gasteiger partial charge in [0, 0.05) is 19.7 Å². The quantitative estimate of drug-likeness (QED) is 0.468. The molecule has 2 rings (SSSR count). The highest BCUT2D eigenvalue weighted by atomic mass is 16.6. The average molecular weight is 294 g/mol. The largest absolute Gasteiger partial charge is 0.359 e. The summed E-state index contributed by atoms with van der Waals surface area (Å²) in [6.07, 6.45) is 1.89. The summed E-state index contributed by atoms with van der Waals surface area (Å²) in [7, 11) is 1.60. The smallest absolute Gasteiger partial charge is 0.287 e. The van der Waals surface area contributed by atoms with Crippen molar-refractivity contribution in [2.75, 3.05) is 26.7 Å². The molecule has 0 spiro atoms. The van der Waals surface area contributed by atoms with Crippen molar-refractivity contribution < 1.29 is 14.5 Å². The van der Waals surface area contributed by atoms with Crippen LogP contribution in [0.25, 0.3) is 0 Å². The molecular weight excluding hydrogens is 276 g/mol. The van der Waals surface area contributed by atoms with Crippen LogP contribution in [0.15, 0.2) is 12.3 Å². The van der Waals surface area contributed by atoms with E-state index in [1.165, 1.54) is 12.3 Å². The number of carbonyl (C=O) groups excluding carboxylic acids is 2. The summed E-state index contributed by atoms with van der Waals surface area (Å²) in [4.78, 5) is 38.5. The van der Waals surface area contributed by atoms with Crippen molar-refractivity contribution in [3.63, 3.8) is 0 Å². The first-order valence-corrected chi connectivity index (χ1v) is 6.66. The number of hydrogen-bond acceptors (Lipinski definition) is 5. The minimum Gasteiger partial charge on any atom is -0.359 e. The van der Waals surface area contributed by atoms with Crippen molar-refractivity contribution in [3.8, 4) is 0 Å². The Hall–Kier alpha value is -2.22. The highest BCUT2D eigenvalue weighted by Gasteiger charge is 2.40. The lowest BCUT2D eigenvalue weighted by Gasteiger charge is -2.22. The van der Waals surface area contributed by atoms with E-state index in [1.807, 2.05) is 11.8 Å². The molecule has 1 aromatic heterocycles. The van der Waals surface area contributed by atoms with Crippen LogP contribution in [-0.2, 0) is 4.79 Å². The molecule has 1 fully saturated rings. The maximum atomic E-state index is 12.1. The first kappa shape index (κ1) is 15.2. The molecule has 21 heavy (non-hydrogen) atoms. The van der Waals surface area contributed by atoms with E-state index in [0.717, 1.165) is 0 Å². The maximum absolute atomic E-state index is 12.1. The van der Waals surface area contributed by atoms with Crippen LogP contribution in [0.1, 0.15) is 23.8 Å². The highest BCUT2D eigenvalue weighted by Crippen LogP contribution is 2.30. The summed E-state index contributed by atoms with van der Waals surface area (Å²) in [6.45, 7) is 3.17. The van der Waals surface area contributed by atoms with Crippen LogP contribution < -0.4 is 5.32 Å². The Morgan fingerprint density at radius 3 is 2.86 bits per heavy atom. The second kappa shape index (κ2) is 5.65. The van der Waals surface area contributed by atoms with Gasteiger partial charge in [0.05, 0.1) is 28.8 Å². The van der Waals surface area contributed by atoms with Crippen LogP contribution in [0.2, 0.25) is 0 Å². The van der Waals surface area contributed by atoms with Gasteiger partial charge in [-0.05, 0) is 19.9 Å². The number of carbonyl (C=O) groups is 2. The Balaban J connectivity index is 1.98. The number of nitrogens with one attached hydrogen (secondary N) is 2. The molecule has 0 saturated carbocycles. The van der Waals surface area contributed by atoms with E-state index in [9.17, 15) is 19.7 Å². The predicted molar refractivity (Wildman–Crippen MR) is 75.0 cm³/mol. The second-order valence-corrected chi connectivity index (χ2v) is 5.55. The zero-order valence-electron chi connectivity index (χ0n) is 12.0. The van der Waals surface area contributed by atoms with Gasteiger partial charge in [-0.25, -0.2) is 0 Å². The minimum absolute atomic E-state index is 0.0343. The summed E-state index contributed by atoms with van der Waals surface area (Å²) in [5, 5.41) is 13.2. The van der Waals surface area contributed by atoms with Gasteiger partial charge in [0.15, 0.2) is 5.78 Å². The van der Waals surface area contributed by atoms with E-state index in [0.29, 0.717) is 19.5 Å². The molecule has 2 heterocycles. The lowest BCUT2D eigenvalue weighted by Crippen LogP contribution is -2.40. The Morgan fingerprint density at radius 1 is 1.57 bits per heavy atom. The van der Waals surface area contributed by atoms with Crippen LogP contribution >= 0.6 is 0 Å². The first-order valence-electron chi connectivity index (χ1n) is 6.66. The van der Waals surface area contributed by atoms with Crippen LogP contribution in [-0.4, -0.2) is 53.2 Å². The molecule has 1 atom stereocenters. The van der Waals surface area contributed by atoms with Gasteiger partial charge in [-0.3, -0.25) is 24.6 Å². The summed E-state index contributed by atoms with van der Waals surface area (Å²) < 4.78 is 0. The van der Waals surface area contributed by atoms with Crippen LogP contribution in [0, 0.1) is 15.5 Å². The van der Waals surface area contributed by atoms with Gasteiger partial charge in [0.2, 0.25) is 5.91 Å². The molecule has 114 valence electrons. The molecule has 0 bridgehead atoms. The molecular formula is C13H18N4O4. The fourth-order valence-electron chi connectivity index (χ4n) is 2.62. The zero-order valence-corrected chi connectivity index (χ0v) is 12.0.